The molecule has 1 saturated heterocycles. The van der Waals surface area contributed by atoms with Gasteiger partial charge in [0.25, 0.3) is 0 Å². The highest BCUT2D eigenvalue weighted by Crippen LogP contribution is 2.51. The number of ether oxygens (including phenoxy) is 1. The van der Waals surface area contributed by atoms with Gasteiger partial charge in [-0.15, -0.1) is 0 Å². The molecule has 5 heteroatoms. The Kier molecular flexibility index (Phi) is 2.19. The number of nitrogens with zero attached hydrogens (tertiary/aromatic N) is 1. The lowest BCUT2D eigenvalue weighted by Crippen LogP contribution is -2.22. The number of nitro groups is 1. The van der Waals surface area contributed by atoms with E-state index < -0.39 is 16.8 Å². The summed E-state index contributed by atoms with van der Waals surface area (Å²) in [5.41, 5.74) is -0.646. The van der Waals surface area contributed by atoms with E-state index in [1.807, 2.05) is 0 Å². The van der Waals surface area contributed by atoms with Crippen molar-refractivity contribution in [3.63, 3.8) is 0 Å². The van der Waals surface area contributed by atoms with Gasteiger partial charge in [0.05, 0.1) is 4.92 Å². The van der Waals surface area contributed by atoms with Gasteiger partial charge in [0.15, 0.2) is 6.10 Å². The van der Waals surface area contributed by atoms with Crippen molar-refractivity contribution in [3.05, 3.63) is 45.8 Å². The van der Waals surface area contributed by atoms with Crippen molar-refractivity contribution in [3.8, 4) is 0 Å². The second-order valence-electron chi connectivity index (χ2n) is 3.50. The van der Waals surface area contributed by atoms with Gasteiger partial charge >= 0.3 is 5.72 Å². The maximum Gasteiger partial charge on any atom is 0.356 e. The predicted molar refractivity (Wildman–Crippen MR) is 50.2 cm³/mol. The van der Waals surface area contributed by atoms with E-state index in [1.165, 1.54) is 24.3 Å². The Morgan fingerprint density at radius 2 is 2.13 bits per heavy atom. The van der Waals surface area contributed by atoms with Crippen molar-refractivity contribution in [2.24, 2.45) is 0 Å². The number of hydrogen-bond donors (Lipinski definition) is 0. The maximum absolute atomic E-state index is 12.6. The van der Waals surface area contributed by atoms with Crippen LogP contribution < -0.4 is 0 Å². The Morgan fingerprint density at radius 1 is 1.53 bits per heavy atom. The lowest BCUT2D eigenvalue weighted by molar-refractivity contribution is -0.564. The molecule has 0 amide bonds. The van der Waals surface area contributed by atoms with Gasteiger partial charge in [-0.1, -0.05) is 19.1 Å². The molecule has 1 heterocycles. The summed E-state index contributed by atoms with van der Waals surface area (Å²) in [6.45, 7) is 1.70. The molecule has 0 radical (unpaired) electrons. The van der Waals surface area contributed by atoms with E-state index in [9.17, 15) is 14.5 Å². The highest BCUT2D eigenvalue weighted by Gasteiger charge is 2.68. The first-order valence-corrected chi connectivity index (χ1v) is 4.68. The Hall–Kier alpha value is -1.49. The van der Waals surface area contributed by atoms with Crippen molar-refractivity contribution in [1.29, 1.82) is 0 Å². The smallest absolute Gasteiger partial charge is 0.294 e. The van der Waals surface area contributed by atoms with E-state index in [4.69, 9.17) is 4.74 Å². The summed E-state index contributed by atoms with van der Waals surface area (Å²) >= 11 is 0. The van der Waals surface area contributed by atoms with Crippen LogP contribution in [-0.4, -0.2) is 10.6 Å². The van der Waals surface area contributed by atoms with E-state index in [0.717, 1.165) is 0 Å². The van der Waals surface area contributed by atoms with Crippen LogP contribution in [-0.2, 0) is 4.74 Å². The summed E-state index contributed by atoms with van der Waals surface area (Å²) in [6, 6.07) is 5.58. The summed E-state index contributed by atoms with van der Waals surface area (Å²) in [4.78, 5) is 10.4. The lowest BCUT2D eigenvalue weighted by atomic mass is 10.0. The first kappa shape index (κ1) is 10.0. The molecular weight excluding hydrogens is 201 g/mol. The minimum Gasteiger partial charge on any atom is -0.294 e. The van der Waals surface area contributed by atoms with Gasteiger partial charge in [-0.05, 0) is 17.7 Å². The summed E-state index contributed by atoms with van der Waals surface area (Å²) in [7, 11) is 0. The van der Waals surface area contributed by atoms with Gasteiger partial charge in [0.2, 0.25) is 0 Å². The zero-order valence-electron chi connectivity index (χ0n) is 8.14. The topological polar surface area (TPSA) is 55.7 Å². The number of hydrogen-bond acceptors (Lipinski definition) is 3. The van der Waals surface area contributed by atoms with E-state index in [0.29, 0.717) is 12.0 Å². The first-order valence-electron chi connectivity index (χ1n) is 4.68. The summed E-state index contributed by atoms with van der Waals surface area (Å²) in [6.07, 6.45) is -0.236. The van der Waals surface area contributed by atoms with E-state index in [2.05, 4.69) is 0 Å². The first-order chi connectivity index (χ1) is 7.10. The van der Waals surface area contributed by atoms with E-state index >= 15 is 0 Å². The molecule has 80 valence electrons. The third-order valence-corrected chi connectivity index (χ3v) is 2.66. The molecule has 15 heavy (non-hydrogen) atoms. The highest BCUT2D eigenvalue weighted by molar-refractivity contribution is 5.24. The van der Waals surface area contributed by atoms with Crippen molar-refractivity contribution in [2.45, 2.75) is 25.2 Å². The zero-order valence-corrected chi connectivity index (χ0v) is 8.14. The van der Waals surface area contributed by atoms with Crippen molar-refractivity contribution >= 4 is 0 Å². The number of epoxide rings is 1. The molecule has 2 rings (SSSR count). The summed E-state index contributed by atoms with van der Waals surface area (Å²) < 4.78 is 17.7. The van der Waals surface area contributed by atoms with Gasteiger partial charge in [0, 0.05) is 6.42 Å². The van der Waals surface area contributed by atoms with Gasteiger partial charge in [-0.2, -0.15) is 0 Å². The van der Waals surface area contributed by atoms with Crippen LogP contribution in [0.25, 0.3) is 0 Å². The Bertz CT molecular complexity index is 392. The van der Waals surface area contributed by atoms with Crippen molar-refractivity contribution in [1.82, 2.24) is 0 Å². The van der Waals surface area contributed by atoms with Crippen LogP contribution in [0.15, 0.2) is 24.3 Å². The van der Waals surface area contributed by atoms with Gasteiger partial charge in [-0.25, -0.2) is 4.39 Å². The fraction of sp³-hybridized carbons (Fsp3) is 0.400. The second-order valence-corrected chi connectivity index (χ2v) is 3.50. The average molecular weight is 211 g/mol. The SMILES string of the molecule is CC[C@@]1([N+](=O)[O-])O[C@H]1c1ccc(F)cc1. The van der Waals surface area contributed by atoms with Crippen LogP contribution in [0.5, 0.6) is 0 Å². The van der Waals surface area contributed by atoms with Crippen molar-refractivity contribution < 1.29 is 14.1 Å². The van der Waals surface area contributed by atoms with Gasteiger partial charge in [-0.3, -0.25) is 14.9 Å². The summed E-state index contributed by atoms with van der Waals surface area (Å²) in [5.74, 6) is -0.359. The van der Waals surface area contributed by atoms with E-state index in [1.54, 1.807) is 6.92 Å². The van der Waals surface area contributed by atoms with Gasteiger partial charge < -0.3 is 0 Å². The van der Waals surface area contributed by atoms with Crippen molar-refractivity contribution in [2.75, 3.05) is 0 Å². The van der Waals surface area contributed by atoms with E-state index in [-0.39, 0.29) is 5.82 Å². The Labute approximate surface area is 85.8 Å². The fourth-order valence-corrected chi connectivity index (χ4v) is 1.67. The standard InChI is InChI=1S/C10H10FNO3/c1-2-10(12(13)14)9(15-10)7-3-5-8(11)6-4-7/h3-6,9H,2H2,1H3/t9-,10+/m0/s1. The number of rotatable bonds is 3. The zero-order chi connectivity index (χ0) is 11.1. The Morgan fingerprint density at radius 3 is 2.53 bits per heavy atom. The normalized spacial score (nSPS) is 28.8. The molecule has 1 aromatic carbocycles. The minimum atomic E-state index is -1.29. The Balaban J connectivity index is 2.22. The van der Waals surface area contributed by atoms with Crippen LogP contribution in [0.4, 0.5) is 4.39 Å². The van der Waals surface area contributed by atoms with Crippen LogP contribution in [0, 0.1) is 15.9 Å². The summed E-state index contributed by atoms with van der Waals surface area (Å²) in [5, 5.41) is 10.8. The second kappa shape index (κ2) is 3.27. The molecule has 2 atom stereocenters. The van der Waals surface area contributed by atoms with Crippen LogP contribution in [0.1, 0.15) is 25.0 Å². The van der Waals surface area contributed by atoms with Gasteiger partial charge in [0.1, 0.15) is 5.82 Å². The third-order valence-electron chi connectivity index (χ3n) is 2.66. The molecule has 0 aromatic heterocycles. The molecule has 0 aliphatic carbocycles. The number of benzene rings is 1. The van der Waals surface area contributed by atoms with Crippen LogP contribution in [0.3, 0.4) is 0 Å². The molecule has 1 aliphatic heterocycles. The minimum absolute atomic E-state index is 0.308. The quantitative estimate of drug-likeness (QED) is 0.438. The molecule has 0 N–H and O–H groups in total. The van der Waals surface area contributed by atoms with Crippen LogP contribution >= 0.6 is 0 Å². The highest BCUT2D eigenvalue weighted by atomic mass is 19.1. The number of halogens is 1. The maximum atomic E-state index is 12.6. The molecule has 1 aromatic rings. The third kappa shape index (κ3) is 1.48. The predicted octanol–water partition coefficient (Wildman–Crippen LogP) is 2.28. The molecule has 1 fully saturated rings. The monoisotopic (exact) mass is 211 g/mol. The molecule has 1 aliphatic rings. The van der Waals surface area contributed by atoms with Crippen LogP contribution in [0.2, 0.25) is 0 Å². The fourth-order valence-electron chi connectivity index (χ4n) is 1.67. The molecule has 0 unspecified atom stereocenters. The average Bonchev–Trinajstić information content (AvgIpc) is 2.95. The molecular formula is C10H10FNO3. The molecule has 0 bridgehead atoms. The molecule has 0 saturated carbocycles. The molecule has 4 nitrogen and oxygen atoms in total. The molecule has 0 spiro atoms. The largest absolute Gasteiger partial charge is 0.356 e. The lowest BCUT2D eigenvalue weighted by Gasteiger charge is -2.00.